The lowest BCUT2D eigenvalue weighted by Gasteiger charge is -2.18. The zero-order valence-corrected chi connectivity index (χ0v) is 9.19. The standard InChI is InChI=1S/C10H11FN4O3/c11-5-1-2-6(10(12)18)7(3-5)9(17)8(16)4-14-15-13/h1-3,8-9,16-17H,4H2,(H2,12,18). The van der Waals surface area contributed by atoms with Crippen molar-refractivity contribution in [2.75, 3.05) is 6.54 Å². The average molecular weight is 254 g/mol. The molecule has 0 spiro atoms. The number of halogens is 1. The number of primary amides is 1. The Morgan fingerprint density at radius 3 is 2.78 bits per heavy atom. The second-order valence-electron chi connectivity index (χ2n) is 3.52. The third-order valence-electron chi connectivity index (χ3n) is 2.29. The number of azide groups is 1. The van der Waals surface area contributed by atoms with Gasteiger partial charge in [-0.15, -0.1) is 0 Å². The smallest absolute Gasteiger partial charge is 0.249 e. The molecule has 0 heterocycles. The molecule has 4 N–H and O–H groups in total. The molecular weight excluding hydrogens is 243 g/mol. The number of nitrogens with two attached hydrogens (primary N) is 1. The lowest BCUT2D eigenvalue weighted by Crippen LogP contribution is -2.25. The number of benzene rings is 1. The highest BCUT2D eigenvalue weighted by Crippen LogP contribution is 2.22. The maximum absolute atomic E-state index is 13.1. The predicted octanol–water partition coefficient (Wildman–Crippen LogP) is 0.629. The first-order chi connectivity index (χ1) is 8.47. The van der Waals surface area contributed by atoms with Crippen molar-refractivity contribution in [3.63, 3.8) is 0 Å². The number of nitrogens with zero attached hydrogens (tertiary/aromatic N) is 3. The molecular formula is C10H11FN4O3. The topological polar surface area (TPSA) is 132 Å². The van der Waals surface area contributed by atoms with Crippen LogP contribution in [0.15, 0.2) is 23.3 Å². The van der Waals surface area contributed by atoms with Gasteiger partial charge in [-0.1, -0.05) is 5.11 Å². The van der Waals surface area contributed by atoms with Gasteiger partial charge in [0.2, 0.25) is 5.91 Å². The van der Waals surface area contributed by atoms with E-state index in [-0.39, 0.29) is 11.1 Å². The number of carbonyl (C=O) groups is 1. The third kappa shape index (κ3) is 3.17. The fraction of sp³-hybridized carbons (Fsp3) is 0.300. The number of hydrogen-bond donors (Lipinski definition) is 3. The normalized spacial score (nSPS) is 13.5. The summed E-state index contributed by atoms with van der Waals surface area (Å²) in [6, 6.07) is 3.01. The summed E-state index contributed by atoms with van der Waals surface area (Å²) in [6.45, 7) is -0.410. The summed E-state index contributed by atoms with van der Waals surface area (Å²) < 4.78 is 13.1. The molecule has 0 aliphatic rings. The van der Waals surface area contributed by atoms with Crippen molar-refractivity contribution in [2.45, 2.75) is 12.2 Å². The summed E-state index contributed by atoms with van der Waals surface area (Å²) >= 11 is 0. The Balaban J connectivity index is 3.10. The van der Waals surface area contributed by atoms with Crippen LogP contribution in [0.2, 0.25) is 0 Å². The number of aliphatic hydroxyl groups is 2. The molecule has 2 unspecified atom stereocenters. The fourth-order valence-corrected chi connectivity index (χ4v) is 1.43. The number of aliphatic hydroxyl groups excluding tert-OH is 2. The molecule has 1 aromatic carbocycles. The zero-order valence-electron chi connectivity index (χ0n) is 9.19. The van der Waals surface area contributed by atoms with E-state index < -0.39 is 30.5 Å². The maximum atomic E-state index is 13.1. The van der Waals surface area contributed by atoms with E-state index in [1.54, 1.807) is 0 Å². The minimum Gasteiger partial charge on any atom is -0.390 e. The van der Waals surface area contributed by atoms with Crippen LogP contribution in [0.3, 0.4) is 0 Å². The lowest BCUT2D eigenvalue weighted by molar-refractivity contribution is 0.0237. The molecule has 8 heteroatoms. The lowest BCUT2D eigenvalue weighted by atomic mass is 9.98. The average Bonchev–Trinajstić information content (AvgIpc) is 2.34. The van der Waals surface area contributed by atoms with Gasteiger partial charge in [0.25, 0.3) is 0 Å². The second kappa shape index (κ2) is 5.97. The Bertz CT molecular complexity index is 502. The van der Waals surface area contributed by atoms with Crippen molar-refractivity contribution in [3.8, 4) is 0 Å². The summed E-state index contributed by atoms with van der Waals surface area (Å²) in [6.07, 6.45) is -3.03. The van der Waals surface area contributed by atoms with Gasteiger partial charge in [-0.2, -0.15) is 0 Å². The van der Waals surface area contributed by atoms with Crippen LogP contribution in [0.5, 0.6) is 0 Å². The number of rotatable bonds is 5. The highest BCUT2D eigenvalue weighted by atomic mass is 19.1. The molecule has 96 valence electrons. The van der Waals surface area contributed by atoms with Crippen molar-refractivity contribution in [1.29, 1.82) is 0 Å². The van der Waals surface area contributed by atoms with Crippen molar-refractivity contribution < 1.29 is 19.4 Å². The van der Waals surface area contributed by atoms with E-state index in [1.807, 2.05) is 0 Å². The van der Waals surface area contributed by atoms with Crippen molar-refractivity contribution in [1.82, 2.24) is 0 Å². The molecule has 0 saturated heterocycles. The highest BCUT2D eigenvalue weighted by Gasteiger charge is 2.23. The van der Waals surface area contributed by atoms with E-state index in [1.165, 1.54) is 0 Å². The second-order valence-corrected chi connectivity index (χ2v) is 3.52. The molecule has 0 radical (unpaired) electrons. The SMILES string of the molecule is [N-]=[N+]=NCC(O)C(O)c1cc(F)ccc1C(N)=O. The first kappa shape index (κ1) is 13.9. The Labute approximate surface area is 101 Å². The molecule has 0 bridgehead atoms. The highest BCUT2D eigenvalue weighted by molar-refractivity contribution is 5.94. The van der Waals surface area contributed by atoms with Crippen molar-refractivity contribution >= 4 is 5.91 Å². The molecule has 0 aliphatic carbocycles. The van der Waals surface area contributed by atoms with E-state index in [2.05, 4.69) is 10.0 Å². The van der Waals surface area contributed by atoms with Crippen molar-refractivity contribution in [3.05, 3.63) is 45.6 Å². The van der Waals surface area contributed by atoms with Crippen LogP contribution in [0.4, 0.5) is 4.39 Å². The summed E-state index contributed by atoms with van der Waals surface area (Å²) in [5.41, 5.74) is 12.9. The van der Waals surface area contributed by atoms with Crippen LogP contribution < -0.4 is 5.73 Å². The van der Waals surface area contributed by atoms with Gasteiger partial charge in [0.05, 0.1) is 12.6 Å². The van der Waals surface area contributed by atoms with Crippen LogP contribution in [0.1, 0.15) is 22.0 Å². The molecule has 7 nitrogen and oxygen atoms in total. The Kier molecular flexibility index (Phi) is 4.61. The van der Waals surface area contributed by atoms with Gasteiger partial charge in [0, 0.05) is 10.5 Å². The molecule has 0 fully saturated rings. The van der Waals surface area contributed by atoms with Crippen molar-refractivity contribution in [2.24, 2.45) is 10.8 Å². The third-order valence-corrected chi connectivity index (χ3v) is 2.29. The largest absolute Gasteiger partial charge is 0.390 e. The van der Waals surface area contributed by atoms with E-state index in [9.17, 15) is 19.4 Å². The number of hydrogen-bond acceptors (Lipinski definition) is 4. The molecule has 2 atom stereocenters. The Morgan fingerprint density at radius 2 is 2.22 bits per heavy atom. The minimum atomic E-state index is -1.58. The number of amides is 1. The molecule has 0 saturated carbocycles. The molecule has 0 aliphatic heterocycles. The van der Waals surface area contributed by atoms with E-state index in [0.717, 1.165) is 18.2 Å². The predicted molar refractivity (Wildman–Crippen MR) is 59.9 cm³/mol. The van der Waals surface area contributed by atoms with Gasteiger partial charge in [-0.3, -0.25) is 4.79 Å². The first-order valence-electron chi connectivity index (χ1n) is 4.93. The maximum Gasteiger partial charge on any atom is 0.249 e. The first-order valence-corrected chi connectivity index (χ1v) is 4.93. The van der Waals surface area contributed by atoms with Gasteiger partial charge >= 0.3 is 0 Å². The van der Waals surface area contributed by atoms with Gasteiger partial charge in [0.15, 0.2) is 0 Å². The van der Waals surface area contributed by atoms with Crippen LogP contribution in [-0.2, 0) is 0 Å². The molecule has 18 heavy (non-hydrogen) atoms. The molecule has 0 aromatic heterocycles. The zero-order chi connectivity index (χ0) is 13.7. The molecule has 1 aromatic rings. The van der Waals surface area contributed by atoms with Crippen LogP contribution >= 0.6 is 0 Å². The summed E-state index contributed by atoms with van der Waals surface area (Å²) in [7, 11) is 0. The quantitative estimate of drug-likeness (QED) is 0.404. The van der Waals surface area contributed by atoms with Gasteiger partial charge < -0.3 is 15.9 Å². The Morgan fingerprint density at radius 1 is 1.56 bits per heavy atom. The molecule has 1 rings (SSSR count). The van der Waals surface area contributed by atoms with Gasteiger partial charge in [-0.25, -0.2) is 4.39 Å². The fourth-order valence-electron chi connectivity index (χ4n) is 1.43. The van der Waals surface area contributed by atoms with E-state index in [4.69, 9.17) is 11.3 Å². The summed E-state index contributed by atoms with van der Waals surface area (Å²) in [5.74, 6) is -1.55. The summed E-state index contributed by atoms with van der Waals surface area (Å²) in [4.78, 5) is 13.5. The van der Waals surface area contributed by atoms with Crippen LogP contribution in [0, 0.1) is 5.82 Å². The number of carbonyl (C=O) groups excluding carboxylic acids is 1. The van der Waals surface area contributed by atoms with E-state index in [0.29, 0.717) is 0 Å². The minimum absolute atomic E-state index is 0.108. The van der Waals surface area contributed by atoms with Crippen LogP contribution in [-0.4, -0.2) is 28.8 Å². The van der Waals surface area contributed by atoms with Gasteiger partial charge in [0.1, 0.15) is 11.9 Å². The summed E-state index contributed by atoms with van der Waals surface area (Å²) in [5, 5.41) is 22.3. The van der Waals surface area contributed by atoms with Crippen LogP contribution in [0.25, 0.3) is 10.4 Å². The Hall–Kier alpha value is -2.15. The monoisotopic (exact) mass is 254 g/mol. The van der Waals surface area contributed by atoms with E-state index >= 15 is 0 Å². The van der Waals surface area contributed by atoms with Gasteiger partial charge in [-0.05, 0) is 29.3 Å². The molecule has 1 amide bonds.